The van der Waals surface area contributed by atoms with E-state index in [9.17, 15) is 0 Å². The van der Waals surface area contributed by atoms with E-state index in [1.165, 1.54) is 5.56 Å². The van der Waals surface area contributed by atoms with Gasteiger partial charge in [-0.1, -0.05) is 29.8 Å². The van der Waals surface area contributed by atoms with Crippen LogP contribution >= 0.6 is 0 Å². The number of hydrogen-bond acceptors (Lipinski definition) is 4. The van der Waals surface area contributed by atoms with Gasteiger partial charge in [-0.2, -0.15) is 9.61 Å². The average Bonchev–Trinajstić information content (AvgIpc) is 3.07. The number of ether oxygens (including phenoxy) is 1. The largest absolute Gasteiger partial charge is 0.497 e. The Morgan fingerprint density at radius 1 is 0.962 bits per heavy atom. The van der Waals surface area contributed by atoms with Gasteiger partial charge in [-0.3, -0.25) is 0 Å². The first-order valence-electron chi connectivity index (χ1n) is 8.47. The molecule has 5 nitrogen and oxygen atoms in total. The van der Waals surface area contributed by atoms with Crippen LogP contribution in [0.15, 0.2) is 60.8 Å². The normalized spacial score (nSPS) is 10.9. The third kappa shape index (κ3) is 2.99. The summed E-state index contributed by atoms with van der Waals surface area (Å²) < 4.78 is 7.05. The van der Waals surface area contributed by atoms with E-state index in [1.54, 1.807) is 7.11 Å². The Hall–Kier alpha value is -3.34. The maximum Gasteiger partial charge on any atom is 0.165 e. The van der Waals surface area contributed by atoms with Crippen LogP contribution in [0, 0.1) is 13.8 Å². The maximum atomic E-state index is 5.21. The van der Waals surface area contributed by atoms with Crippen molar-refractivity contribution in [2.75, 3.05) is 12.4 Å². The van der Waals surface area contributed by atoms with E-state index < -0.39 is 0 Å². The molecule has 2 heterocycles. The molecule has 4 rings (SSSR count). The van der Waals surface area contributed by atoms with Crippen molar-refractivity contribution in [1.29, 1.82) is 0 Å². The number of aryl methyl sites for hydroxylation is 2. The second-order valence-electron chi connectivity index (χ2n) is 6.30. The SMILES string of the molecule is COc1ccc(Nc2cc(C)nc3c(-c4ccc(C)cc4)cnn23)cc1. The summed E-state index contributed by atoms with van der Waals surface area (Å²) in [5, 5.41) is 7.97. The highest BCUT2D eigenvalue weighted by Crippen LogP contribution is 2.27. The maximum absolute atomic E-state index is 5.21. The Balaban J connectivity index is 1.77. The van der Waals surface area contributed by atoms with Gasteiger partial charge in [0, 0.05) is 23.0 Å². The Kier molecular flexibility index (Phi) is 4.05. The molecule has 0 aliphatic carbocycles. The number of anilines is 2. The highest BCUT2D eigenvalue weighted by Gasteiger charge is 2.12. The topological polar surface area (TPSA) is 51.5 Å². The van der Waals surface area contributed by atoms with Crippen LogP contribution in [-0.2, 0) is 0 Å². The van der Waals surface area contributed by atoms with Gasteiger partial charge < -0.3 is 10.1 Å². The van der Waals surface area contributed by atoms with Crippen LogP contribution in [0.3, 0.4) is 0 Å². The number of aromatic nitrogens is 3. The second-order valence-corrected chi connectivity index (χ2v) is 6.30. The lowest BCUT2D eigenvalue weighted by molar-refractivity contribution is 0.415. The Morgan fingerprint density at radius 3 is 2.38 bits per heavy atom. The van der Waals surface area contributed by atoms with Gasteiger partial charge in [0.1, 0.15) is 11.6 Å². The summed E-state index contributed by atoms with van der Waals surface area (Å²) in [4.78, 5) is 4.70. The number of methoxy groups -OCH3 is 1. The predicted molar refractivity (Wildman–Crippen MR) is 104 cm³/mol. The standard InChI is InChI=1S/C21H20N4O/c1-14-4-6-16(7-5-14)19-13-22-25-20(12-15(2)23-21(19)25)24-17-8-10-18(26-3)11-9-17/h4-13,24H,1-3H3. The highest BCUT2D eigenvalue weighted by atomic mass is 16.5. The van der Waals surface area contributed by atoms with Crippen LogP contribution in [0.25, 0.3) is 16.8 Å². The molecule has 0 bridgehead atoms. The zero-order valence-corrected chi connectivity index (χ0v) is 15.0. The van der Waals surface area contributed by atoms with Gasteiger partial charge >= 0.3 is 0 Å². The van der Waals surface area contributed by atoms with Gasteiger partial charge in [0.05, 0.1) is 13.3 Å². The number of nitrogens with zero attached hydrogens (tertiary/aromatic N) is 3. The van der Waals surface area contributed by atoms with Crippen molar-refractivity contribution >= 4 is 17.2 Å². The molecule has 1 N–H and O–H groups in total. The van der Waals surface area contributed by atoms with Gasteiger partial charge in [-0.05, 0) is 43.7 Å². The summed E-state index contributed by atoms with van der Waals surface area (Å²) in [6.07, 6.45) is 1.87. The third-order valence-electron chi connectivity index (χ3n) is 4.32. The number of hydrogen-bond donors (Lipinski definition) is 1. The zero-order valence-electron chi connectivity index (χ0n) is 15.0. The Bertz CT molecular complexity index is 1050. The van der Waals surface area contributed by atoms with Gasteiger partial charge in [-0.25, -0.2) is 4.98 Å². The van der Waals surface area contributed by atoms with Crippen molar-refractivity contribution in [2.24, 2.45) is 0 Å². The first-order valence-corrected chi connectivity index (χ1v) is 8.47. The average molecular weight is 344 g/mol. The molecular weight excluding hydrogens is 324 g/mol. The van der Waals surface area contributed by atoms with Crippen molar-refractivity contribution in [2.45, 2.75) is 13.8 Å². The first-order chi connectivity index (χ1) is 12.6. The molecule has 130 valence electrons. The van der Waals surface area contributed by atoms with Gasteiger partial charge in [0.25, 0.3) is 0 Å². The minimum atomic E-state index is 0.826. The molecule has 0 spiro atoms. The molecule has 0 saturated carbocycles. The van der Waals surface area contributed by atoms with Crippen LogP contribution in [0.5, 0.6) is 5.75 Å². The summed E-state index contributed by atoms with van der Waals surface area (Å²) in [5.41, 5.74) is 6.10. The zero-order chi connectivity index (χ0) is 18.1. The fourth-order valence-electron chi connectivity index (χ4n) is 2.93. The molecule has 2 aromatic carbocycles. The Labute approximate surface area is 152 Å². The van der Waals surface area contributed by atoms with Crippen molar-refractivity contribution in [3.63, 3.8) is 0 Å². The van der Waals surface area contributed by atoms with Gasteiger partial charge in [0.2, 0.25) is 0 Å². The van der Waals surface area contributed by atoms with Crippen LogP contribution < -0.4 is 10.1 Å². The minimum Gasteiger partial charge on any atom is -0.497 e. The molecule has 0 amide bonds. The van der Waals surface area contributed by atoms with Crippen molar-refractivity contribution < 1.29 is 4.74 Å². The van der Waals surface area contributed by atoms with Crippen LogP contribution in [0.4, 0.5) is 11.5 Å². The molecule has 0 unspecified atom stereocenters. The van der Waals surface area contributed by atoms with Crippen molar-refractivity contribution in [3.8, 4) is 16.9 Å². The summed E-state index contributed by atoms with van der Waals surface area (Å²) >= 11 is 0. The molecule has 0 fully saturated rings. The molecule has 0 saturated heterocycles. The molecule has 26 heavy (non-hydrogen) atoms. The van der Waals surface area contributed by atoms with Gasteiger partial charge in [0.15, 0.2) is 5.65 Å². The van der Waals surface area contributed by atoms with E-state index in [2.05, 4.69) is 41.6 Å². The van der Waals surface area contributed by atoms with Crippen molar-refractivity contribution in [3.05, 3.63) is 72.1 Å². The lowest BCUT2D eigenvalue weighted by Crippen LogP contribution is -2.02. The monoisotopic (exact) mass is 344 g/mol. The fourth-order valence-corrected chi connectivity index (χ4v) is 2.93. The number of nitrogens with one attached hydrogen (secondary N) is 1. The molecule has 5 heteroatoms. The van der Waals surface area contributed by atoms with E-state index >= 15 is 0 Å². The number of rotatable bonds is 4. The lowest BCUT2D eigenvalue weighted by atomic mass is 10.1. The van der Waals surface area contributed by atoms with Crippen molar-refractivity contribution in [1.82, 2.24) is 14.6 Å². The molecule has 0 aliphatic rings. The molecule has 4 aromatic rings. The Morgan fingerprint density at radius 2 is 1.69 bits per heavy atom. The summed E-state index contributed by atoms with van der Waals surface area (Å²) in [6, 6.07) is 18.2. The quantitative estimate of drug-likeness (QED) is 0.580. The summed E-state index contributed by atoms with van der Waals surface area (Å²) in [5.74, 6) is 1.70. The van der Waals surface area contributed by atoms with Crippen LogP contribution in [-0.4, -0.2) is 21.7 Å². The number of benzene rings is 2. The van der Waals surface area contributed by atoms with Crippen LogP contribution in [0.2, 0.25) is 0 Å². The highest BCUT2D eigenvalue weighted by molar-refractivity contribution is 5.78. The van der Waals surface area contributed by atoms with E-state index in [-0.39, 0.29) is 0 Å². The predicted octanol–water partition coefficient (Wildman–Crippen LogP) is 4.77. The second kappa shape index (κ2) is 6.52. The van der Waals surface area contributed by atoms with Gasteiger partial charge in [-0.15, -0.1) is 0 Å². The smallest absolute Gasteiger partial charge is 0.165 e. The first kappa shape index (κ1) is 16.1. The fraction of sp³-hybridized carbons (Fsp3) is 0.143. The molecule has 0 aliphatic heterocycles. The molecule has 0 radical (unpaired) electrons. The van der Waals surface area contributed by atoms with E-state index in [0.717, 1.165) is 39.7 Å². The summed E-state index contributed by atoms with van der Waals surface area (Å²) in [6.45, 7) is 4.07. The molecule has 2 aromatic heterocycles. The third-order valence-corrected chi connectivity index (χ3v) is 4.32. The minimum absolute atomic E-state index is 0.826. The molecule has 0 atom stereocenters. The number of fused-ring (bicyclic) bond motifs is 1. The lowest BCUT2D eigenvalue weighted by Gasteiger charge is -2.10. The van der Waals surface area contributed by atoms with Crippen LogP contribution in [0.1, 0.15) is 11.3 Å². The molecular formula is C21H20N4O. The van der Waals surface area contributed by atoms with E-state index in [0.29, 0.717) is 0 Å². The van der Waals surface area contributed by atoms with E-state index in [1.807, 2.05) is 48.0 Å². The van der Waals surface area contributed by atoms with E-state index in [4.69, 9.17) is 9.72 Å². The summed E-state index contributed by atoms with van der Waals surface area (Å²) in [7, 11) is 1.66.